The zero-order valence-corrected chi connectivity index (χ0v) is 16.0. The number of carbonyl (C=O) groups is 1. The number of esters is 1. The third-order valence-electron chi connectivity index (χ3n) is 4.08. The average molecular weight is 355 g/mol. The quantitative estimate of drug-likeness (QED) is 0.172. The van der Waals surface area contributed by atoms with Gasteiger partial charge in [0.15, 0.2) is 0 Å². The van der Waals surface area contributed by atoms with Crippen molar-refractivity contribution in [1.82, 2.24) is 0 Å². The zero-order chi connectivity index (χ0) is 18.6. The van der Waals surface area contributed by atoms with Gasteiger partial charge in [-0.15, -0.1) is 0 Å². The van der Waals surface area contributed by atoms with Crippen LogP contribution >= 0.6 is 0 Å². The molecule has 4 heteroatoms. The number of ether oxygens (including phenoxy) is 1. The molecule has 0 saturated carbocycles. The SMILES string of the molecule is CCCCCCCCCCCCC/C=C/C=C/C(=O)OCC(O)CO. The van der Waals surface area contributed by atoms with Crippen LogP contribution in [0, 0.1) is 0 Å². The second-order valence-electron chi connectivity index (χ2n) is 6.58. The number of aliphatic hydroxyl groups excluding tert-OH is 2. The van der Waals surface area contributed by atoms with Crippen LogP contribution in [0.2, 0.25) is 0 Å². The van der Waals surface area contributed by atoms with Crippen molar-refractivity contribution in [1.29, 1.82) is 0 Å². The van der Waals surface area contributed by atoms with Crippen molar-refractivity contribution in [2.24, 2.45) is 0 Å². The third kappa shape index (κ3) is 19.0. The van der Waals surface area contributed by atoms with E-state index in [2.05, 4.69) is 13.0 Å². The van der Waals surface area contributed by atoms with Crippen molar-refractivity contribution >= 4 is 5.97 Å². The number of unbranched alkanes of at least 4 members (excludes halogenated alkanes) is 11. The van der Waals surface area contributed by atoms with Crippen molar-refractivity contribution in [3.05, 3.63) is 24.3 Å². The number of rotatable bonds is 17. The van der Waals surface area contributed by atoms with Gasteiger partial charge in [-0.1, -0.05) is 89.4 Å². The molecule has 0 aromatic rings. The molecule has 0 aliphatic heterocycles. The van der Waals surface area contributed by atoms with E-state index >= 15 is 0 Å². The van der Waals surface area contributed by atoms with Gasteiger partial charge in [0, 0.05) is 6.08 Å². The molecule has 146 valence electrons. The first kappa shape index (κ1) is 23.9. The topological polar surface area (TPSA) is 66.8 Å². The number of aliphatic hydroxyl groups is 2. The minimum absolute atomic E-state index is 0.178. The molecule has 0 aliphatic rings. The lowest BCUT2D eigenvalue weighted by Crippen LogP contribution is -2.21. The van der Waals surface area contributed by atoms with Gasteiger partial charge in [-0.25, -0.2) is 4.79 Å². The summed E-state index contributed by atoms with van der Waals surface area (Å²) < 4.78 is 4.74. The molecule has 4 nitrogen and oxygen atoms in total. The summed E-state index contributed by atoms with van der Waals surface area (Å²) >= 11 is 0. The summed E-state index contributed by atoms with van der Waals surface area (Å²) in [6.07, 6.45) is 21.7. The lowest BCUT2D eigenvalue weighted by atomic mass is 10.1. The van der Waals surface area contributed by atoms with Crippen LogP contribution in [0.3, 0.4) is 0 Å². The molecule has 0 aromatic carbocycles. The zero-order valence-electron chi connectivity index (χ0n) is 16.0. The van der Waals surface area contributed by atoms with Gasteiger partial charge >= 0.3 is 5.97 Å². The number of allylic oxidation sites excluding steroid dienone is 3. The highest BCUT2D eigenvalue weighted by Gasteiger charge is 2.04. The van der Waals surface area contributed by atoms with Gasteiger partial charge in [0.2, 0.25) is 0 Å². The molecule has 1 unspecified atom stereocenters. The second-order valence-corrected chi connectivity index (χ2v) is 6.58. The van der Waals surface area contributed by atoms with E-state index in [4.69, 9.17) is 14.9 Å². The molecule has 0 radical (unpaired) electrons. The molecule has 1 atom stereocenters. The maximum atomic E-state index is 11.3. The van der Waals surface area contributed by atoms with Crippen molar-refractivity contribution < 1.29 is 19.7 Å². The van der Waals surface area contributed by atoms with E-state index in [-0.39, 0.29) is 6.61 Å². The molecule has 0 saturated heterocycles. The fourth-order valence-electron chi connectivity index (χ4n) is 2.51. The van der Waals surface area contributed by atoms with Crippen LogP contribution in [0.5, 0.6) is 0 Å². The van der Waals surface area contributed by atoms with Crippen LogP contribution in [0.1, 0.15) is 84.0 Å². The van der Waals surface area contributed by atoms with E-state index in [1.165, 1.54) is 76.7 Å². The van der Waals surface area contributed by atoms with Gasteiger partial charge in [-0.05, 0) is 12.8 Å². The second kappa shape index (κ2) is 19.2. The number of hydrogen-bond donors (Lipinski definition) is 2. The van der Waals surface area contributed by atoms with E-state index in [0.717, 1.165) is 6.42 Å². The first-order valence-corrected chi connectivity index (χ1v) is 9.99. The Labute approximate surface area is 154 Å². The normalized spacial score (nSPS) is 12.9. The minimum Gasteiger partial charge on any atom is -0.460 e. The van der Waals surface area contributed by atoms with Crippen molar-refractivity contribution in [3.63, 3.8) is 0 Å². The maximum absolute atomic E-state index is 11.3. The Balaban J connectivity index is 3.34. The first-order valence-electron chi connectivity index (χ1n) is 9.99. The molecule has 0 bridgehead atoms. The average Bonchev–Trinajstić information content (AvgIpc) is 2.62. The van der Waals surface area contributed by atoms with E-state index in [0.29, 0.717) is 0 Å². The lowest BCUT2D eigenvalue weighted by Gasteiger charge is -2.05. The largest absolute Gasteiger partial charge is 0.460 e. The fourth-order valence-corrected chi connectivity index (χ4v) is 2.51. The molecule has 0 spiro atoms. The molecule has 2 N–H and O–H groups in total. The van der Waals surface area contributed by atoms with Gasteiger partial charge in [0.1, 0.15) is 12.7 Å². The van der Waals surface area contributed by atoms with Gasteiger partial charge in [0.25, 0.3) is 0 Å². The van der Waals surface area contributed by atoms with Crippen LogP contribution in [0.25, 0.3) is 0 Å². The highest BCUT2D eigenvalue weighted by molar-refractivity contribution is 5.82. The molecule has 0 fully saturated rings. The fraction of sp³-hybridized carbons (Fsp3) is 0.762. The predicted molar refractivity (Wildman–Crippen MR) is 103 cm³/mol. The molecule has 0 aliphatic carbocycles. The molecular formula is C21H38O4. The minimum atomic E-state index is -1.01. The Hall–Kier alpha value is -1.13. The standard InChI is InChI=1S/C21H38O4/c1-2-3-4-5-6-7-8-9-10-11-12-13-14-15-16-17-21(24)25-19-20(23)18-22/h14-17,20,22-23H,2-13,18-19H2,1H3/b15-14+,17-16+. The van der Waals surface area contributed by atoms with Crippen LogP contribution in [-0.4, -0.2) is 35.5 Å². The van der Waals surface area contributed by atoms with Gasteiger partial charge in [-0.3, -0.25) is 0 Å². The third-order valence-corrected chi connectivity index (χ3v) is 4.08. The number of hydrogen-bond acceptors (Lipinski definition) is 4. The molecule has 0 rings (SSSR count). The Morgan fingerprint density at radius 2 is 1.48 bits per heavy atom. The van der Waals surface area contributed by atoms with Gasteiger partial charge < -0.3 is 14.9 Å². The summed E-state index contributed by atoms with van der Waals surface area (Å²) in [4.78, 5) is 11.3. The summed E-state index contributed by atoms with van der Waals surface area (Å²) in [6.45, 7) is 1.67. The van der Waals surface area contributed by atoms with Crippen molar-refractivity contribution in [3.8, 4) is 0 Å². The van der Waals surface area contributed by atoms with Crippen LogP contribution in [0.15, 0.2) is 24.3 Å². The summed E-state index contributed by atoms with van der Waals surface area (Å²) in [5.74, 6) is -0.508. The monoisotopic (exact) mass is 354 g/mol. The number of carbonyl (C=O) groups excluding carboxylic acids is 1. The van der Waals surface area contributed by atoms with Gasteiger partial charge in [-0.2, -0.15) is 0 Å². The molecule has 0 heterocycles. The highest BCUT2D eigenvalue weighted by Crippen LogP contribution is 2.11. The maximum Gasteiger partial charge on any atom is 0.330 e. The smallest absolute Gasteiger partial charge is 0.330 e. The predicted octanol–water partition coefficient (Wildman–Crippen LogP) is 4.70. The van der Waals surface area contributed by atoms with E-state index in [9.17, 15) is 4.79 Å². The summed E-state index contributed by atoms with van der Waals surface area (Å²) in [5.41, 5.74) is 0. The van der Waals surface area contributed by atoms with E-state index < -0.39 is 18.7 Å². The Bertz CT molecular complexity index is 350. The molecular weight excluding hydrogens is 316 g/mol. The van der Waals surface area contributed by atoms with E-state index in [1.807, 2.05) is 6.08 Å². The van der Waals surface area contributed by atoms with Crippen molar-refractivity contribution in [2.75, 3.05) is 13.2 Å². The van der Waals surface area contributed by atoms with E-state index in [1.54, 1.807) is 6.08 Å². The Morgan fingerprint density at radius 1 is 0.920 bits per heavy atom. The van der Waals surface area contributed by atoms with Crippen LogP contribution in [-0.2, 0) is 9.53 Å². The lowest BCUT2D eigenvalue weighted by molar-refractivity contribution is -0.141. The Morgan fingerprint density at radius 3 is 2.04 bits per heavy atom. The molecule has 25 heavy (non-hydrogen) atoms. The molecule has 0 aromatic heterocycles. The summed E-state index contributed by atoms with van der Waals surface area (Å²) in [6, 6.07) is 0. The highest BCUT2D eigenvalue weighted by atomic mass is 16.5. The summed E-state index contributed by atoms with van der Waals surface area (Å²) in [7, 11) is 0. The Kier molecular flexibility index (Phi) is 18.3. The molecule has 0 amide bonds. The van der Waals surface area contributed by atoms with Crippen LogP contribution in [0.4, 0.5) is 0 Å². The summed E-state index contributed by atoms with van der Waals surface area (Å²) in [5, 5.41) is 17.6. The van der Waals surface area contributed by atoms with Crippen molar-refractivity contribution in [2.45, 2.75) is 90.1 Å². The first-order chi connectivity index (χ1) is 12.2. The van der Waals surface area contributed by atoms with Crippen LogP contribution < -0.4 is 0 Å². The van der Waals surface area contributed by atoms with Gasteiger partial charge in [0.05, 0.1) is 6.61 Å².